The van der Waals surface area contributed by atoms with Gasteiger partial charge in [0, 0.05) is 23.6 Å². The highest BCUT2D eigenvalue weighted by molar-refractivity contribution is 7.89. The average Bonchev–Trinajstić information content (AvgIpc) is 3.25. The monoisotopic (exact) mass is 453 g/mol. The highest BCUT2D eigenvalue weighted by Crippen LogP contribution is 2.35. The minimum atomic E-state index is -4.49. The van der Waals surface area contributed by atoms with E-state index in [4.69, 9.17) is 4.74 Å². The number of nitrogens with zero attached hydrogens (tertiary/aromatic N) is 3. The zero-order valence-electron chi connectivity index (χ0n) is 16.4. The minimum absolute atomic E-state index is 0.0124. The van der Waals surface area contributed by atoms with Crippen molar-refractivity contribution in [3.63, 3.8) is 0 Å². The molecule has 1 aromatic carbocycles. The normalized spacial score (nSPS) is 16.1. The smallest absolute Gasteiger partial charge is 0.417 e. The first-order valence-corrected chi connectivity index (χ1v) is 10.7. The van der Waals surface area contributed by atoms with Crippen LogP contribution in [0.1, 0.15) is 12.5 Å². The topological polar surface area (TPSA) is 98.1 Å². The molecule has 0 saturated heterocycles. The Morgan fingerprint density at radius 2 is 2.00 bits per heavy atom. The number of nitrogens with one attached hydrogen (secondary N) is 2. The van der Waals surface area contributed by atoms with E-state index in [0.717, 1.165) is 12.3 Å². The number of halogens is 3. The fourth-order valence-corrected chi connectivity index (χ4v) is 3.91. The van der Waals surface area contributed by atoms with Crippen LogP contribution >= 0.6 is 0 Å². The van der Waals surface area contributed by atoms with Gasteiger partial charge in [-0.05, 0) is 44.3 Å². The molecule has 0 amide bonds. The molecular formula is C19H18F3N5O3S. The maximum atomic E-state index is 12.8. The Labute approximate surface area is 176 Å². The fraction of sp³-hybridized carbons (Fsp3) is 0.263. The van der Waals surface area contributed by atoms with Crippen molar-refractivity contribution in [1.82, 2.24) is 19.3 Å². The van der Waals surface area contributed by atoms with E-state index in [2.05, 4.69) is 20.0 Å². The number of ether oxygens (including phenoxy) is 1. The third-order valence-electron chi connectivity index (χ3n) is 4.70. The molecule has 0 fully saturated rings. The van der Waals surface area contributed by atoms with Crippen LogP contribution in [-0.2, 0) is 22.7 Å². The summed E-state index contributed by atoms with van der Waals surface area (Å²) in [5.74, 6) is 0.162. The lowest BCUT2D eigenvalue weighted by Crippen LogP contribution is -2.18. The highest BCUT2D eigenvalue weighted by atomic mass is 32.2. The summed E-state index contributed by atoms with van der Waals surface area (Å²) in [5.41, 5.74) is 0.429. The van der Waals surface area contributed by atoms with Crippen molar-refractivity contribution >= 4 is 21.5 Å². The van der Waals surface area contributed by atoms with Gasteiger partial charge in [0.15, 0.2) is 0 Å². The van der Waals surface area contributed by atoms with Gasteiger partial charge in [-0.15, -0.1) is 0 Å². The lowest BCUT2D eigenvalue weighted by molar-refractivity contribution is -0.137. The standard InChI is InChI=1S/C19H18F3N5O3S/c1-11-9-27-10-16(26-18(27)30-11)14-7-13(31(28,29)23-2)4-5-15(14)25-17-6-3-12(8-24-17)19(20,21)22/h3-8,10-11,23H,9H2,1-2H3,(H,24,25)/t11-/m0/s1. The lowest BCUT2D eigenvalue weighted by atomic mass is 10.1. The highest BCUT2D eigenvalue weighted by Gasteiger charge is 2.30. The van der Waals surface area contributed by atoms with Gasteiger partial charge < -0.3 is 10.1 Å². The van der Waals surface area contributed by atoms with Crippen molar-refractivity contribution in [2.75, 3.05) is 12.4 Å². The largest absolute Gasteiger partial charge is 0.460 e. The summed E-state index contributed by atoms with van der Waals surface area (Å²) in [4.78, 5) is 8.25. The van der Waals surface area contributed by atoms with Crippen molar-refractivity contribution in [2.45, 2.75) is 30.6 Å². The predicted octanol–water partition coefficient (Wildman–Crippen LogP) is 3.40. The van der Waals surface area contributed by atoms with Crippen LogP contribution in [0.15, 0.2) is 47.6 Å². The van der Waals surface area contributed by atoms with Crippen LogP contribution in [0.25, 0.3) is 11.3 Å². The third-order valence-corrected chi connectivity index (χ3v) is 6.11. The molecule has 2 aromatic heterocycles. The number of imidazole rings is 1. The van der Waals surface area contributed by atoms with E-state index < -0.39 is 21.8 Å². The molecule has 0 unspecified atom stereocenters. The number of alkyl halides is 3. The third kappa shape index (κ3) is 4.21. The molecule has 0 radical (unpaired) electrons. The number of pyridine rings is 1. The molecule has 2 N–H and O–H groups in total. The number of aromatic nitrogens is 3. The first-order valence-electron chi connectivity index (χ1n) is 9.19. The predicted molar refractivity (Wildman–Crippen MR) is 107 cm³/mol. The average molecular weight is 453 g/mol. The molecule has 3 aromatic rings. The second-order valence-corrected chi connectivity index (χ2v) is 8.85. The number of fused-ring (bicyclic) bond motifs is 1. The van der Waals surface area contributed by atoms with Crippen molar-refractivity contribution in [3.05, 3.63) is 48.3 Å². The summed E-state index contributed by atoms with van der Waals surface area (Å²) in [6, 6.07) is 6.83. The van der Waals surface area contributed by atoms with E-state index in [1.807, 2.05) is 6.92 Å². The van der Waals surface area contributed by atoms with Gasteiger partial charge in [-0.2, -0.15) is 18.2 Å². The molecule has 3 heterocycles. The summed E-state index contributed by atoms with van der Waals surface area (Å²) in [6.07, 6.45) is -2.06. The molecule has 164 valence electrons. The molecule has 8 nitrogen and oxygen atoms in total. The van der Waals surface area contributed by atoms with Gasteiger partial charge in [-0.1, -0.05) is 0 Å². The van der Waals surface area contributed by atoms with Crippen molar-refractivity contribution < 1.29 is 26.3 Å². The molecular weight excluding hydrogens is 435 g/mol. The van der Waals surface area contributed by atoms with Crippen molar-refractivity contribution in [3.8, 4) is 17.3 Å². The number of hydrogen-bond acceptors (Lipinski definition) is 6. The minimum Gasteiger partial charge on any atom is -0.460 e. The van der Waals surface area contributed by atoms with E-state index in [1.165, 1.54) is 31.3 Å². The Morgan fingerprint density at radius 1 is 1.23 bits per heavy atom. The molecule has 1 atom stereocenters. The van der Waals surface area contributed by atoms with Gasteiger partial charge in [0.1, 0.15) is 11.9 Å². The summed E-state index contributed by atoms with van der Waals surface area (Å²) in [6.45, 7) is 2.50. The molecule has 1 aliphatic rings. The molecule has 0 saturated carbocycles. The number of hydrogen-bond donors (Lipinski definition) is 2. The van der Waals surface area contributed by atoms with E-state index in [9.17, 15) is 21.6 Å². The second kappa shape index (κ2) is 7.54. The lowest BCUT2D eigenvalue weighted by Gasteiger charge is -2.13. The fourth-order valence-electron chi connectivity index (χ4n) is 3.15. The van der Waals surface area contributed by atoms with Crippen molar-refractivity contribution in [2.24, 2.45) is 0 Å². The molecule has 12 heteroatoms. The maximum Gasteiger partial charge on any atom is 0.417 e. The second-order valence-electron chi connectivity index (χ2n) is 6.96. The summed E-state index contributed by atoms with van der Waals surface area (Å²) in [7, 11) is -2.43. The van der Waals surface area contributed by atoms with Crippen LogP contribution < -0.4 is 14.8 Å². The van der Waals surface area contributed by atoms with Gasteiger partial charge in [-0.3, -0.25) is 4.57 Å². The Bertz CT molecular complexity index is 1200. The quantitative estimate of drug-likeness (QED) is 0.615. The van der Waals surface area contributed by atoms with Crippen LogP contribution in [0.5, 0.6) is 6.01 Å². The Kier molecular flexibility index (Phi) is 5.13. The van der Waals surface area contributed by atoms with Crippen molar-refractivity contribution in [1.29, 1.82) is 0 Å². The van der Waals surface area contributed by atoms with Crippen LogP contribution in [0, 0.1) is 0 Å². The van der Waals surface area contributed by atoms with Crippen LogP contribution in [0.3, 0.4) is 0 Å². The number of sulfonamides is 1. The van der Waals surface area contributed by atoms with Gasteiger partial charge in [0.25, 0.3) is 6.01 Å². The van der Waals surface area contributed by atoms with Crippen LogP contribution in [0.4, 0.5) is 24.7 Å². The number of anilines is 2. The number of rotatable bonds is 5. The summed E-state index contributed by atoms with van der Waals surface area (Å²) < 4.78 is 72.6. The van der Waals surface area contributed by atoms with Gasteiger partial charge in [0.05, 0.1) is 22.7 Å². The van der Waals surface area contributed by atoms with Crippen LogP contribution in [0.2, 0.25) is 0 Å². The zero-order chi connectivity index (χ0) is 22.4. The SMILES string of the molecule is CNS(=O)(=O)c1ccc(Nc2ccc(C(F)(F)F)cn2)c(-c2cn3c(n2)O[C@@H](C)C3)c1. The van der Waals surface area contributed by atoms with Gasteiger partial charge >= 0.3 is 6.18 Å². The molecule has 4 rings (SSSR count). The molecule has 0 aliphatic carbocycles. The van der Waals surface area contributed by atoms with E-state index in [0.29, 0.717) is 29.5 Å². The zero-order valence-corrected chi connectivity index (χ0v) is 17.3. The Hall–Kier alpha value is -3.12. The van der Waals surface area contributed by atoms with Gasteiger partial charge in [0.2, 0.25) is 10.0 Å². The maximum absolute atomic E-state index is 12.8. The van der Waals surface area contributed by atoms with E-state index in [1.54, 1.807) is 10.8 Å². The Balaban J connectivity index is 1.74. The van der Waals surface area contributed by atoms with E-state index >= 15 is 0 Å². The molecule has 1 aliphatic heterocycles. The Morgan fingerprint density at radius 3 is 2.61 bits per heavy atom. The molecule has 0 bridgehead atoms. The first kappa shape index (κ1) is 21.1. The molecule has 0 spiro atoms. The summed E-state index contributed by atoms with van der Waals surface area (Å²) >= 11 is 0. The van der Waals surface area contributed by atoms with E-state index in [-0.39, 0.29) is 16.8 Å². The van der Waals surface area contributed by atoms with Gasteiger partial charge in [-0.25, -0.2) is 18.1 Å². The molecule has 31 heavy (non-hydrogen) atoms. The number of benzene rings is 1. The van der Waals surface area contributed by atoms with Crippen LogP contribution in [-0.4, -0.2) is 36.1 Å². The first-order chi connectivity index (χ1) is 14.6. The summed E-state index contributed by atoms with van der Waals surface area (Å²) in [5, 5.41) is 2.94.